The molecular weight excluding hydrogens is 312 g/mol. The minimum absolute atomic E-state index is 0.121. The van der Waals surface area contributed by atoms with Crippen molar-refractivity contribution < 1.29 is 19.1 Å². The zero-order chi connectivity index (χ0) is 17.4. The predicted molar refractivity (Wildman–Crippen MR) is 85.2 cm³/mol. The molecule has 1 aromatic heterocycles. The van der Waals surface area contributed by atoms with Gasteiger partial charge in [-0.15, -0.1) is 0 Å². The Balaban J connectivity index is 1.75. The summed E-state index contributed by atoms with van der Waals surface area (Å²) in [7, 11) is 1.62. The fourth-order valence-electron chi connectivity index (χ4n) is 1.77. The van der Waals surface area contributed by atoms with Crippen molar-refractivity contribution in [3.8, 4) is 0 Å². The van der Waals surface area contributed by atoms with Crippen molar-refractivity contribution in [3.05, 3.63) is 54.4 Å². The van der Waals surface area contributed by atoms with Crippen molar-refractivity contribution in [3.63, 3.8) is 0 Å². The number of carbonyl (C=O) groups excluding carboxylic acids is 3. The maximum absolute atomic E-state index is 11.8. The molecule has 1 heterocycles. The van der Waals surface area contributed by atoms with Crippen molar-refractivity contribution in [2.24, 2.45) is 0 Å². The summed E-state index contributed by atoms with van der Waals surface area (Å²) in [6.07, 6.45) is 3.10. The molecule has 8 nitrogen and oxygen atoms in total. The first-order chi connectivity index (χ1) is 11.6. The van der Waals surface area contributed by atoms with Gasteiger partial charge in [-0.3, -0.25) is 19.7 Å². The molecule has 0 unspecified atom stereocenters. The van der Waals surface area contributed by atoms with Gasteiger partial charge in [0.15, 0.2) is 6.61 Å². The number of hydrogen-bond acceptors (Lipinski definition) is 7. The number of imide groups is 1. The third-order valence-electron chi connectivity index (χ3n) is 2.91. The maximum Gasteiger partial charge on any atom is 0.326 e. The van der Waals surface area contributed by atoms with Crippen molar-refractivity contribution in [1.29, 1.82) is 0 Å². The molecule has 0 saturated carbocycles. The molecule has 2 aromatic rings. The molecule has 0 saturated heterocycles. The molecule has 0 bridgehead atoms. The second kappa shape index (κ2) is 8.37. The van der Waals surface area contributed by atoms with Crippen LogP contribution in [0.2, 0.25) is 0 Å². The quantitative estimate of drug-likeness (QED) is 0.766. The SMILES string of the molecule is CN(CC(=O)OCC(=O)NC(=O)c1ccccc1)c1ncccn1. The number of carbonyl (C=O) groups is 3. The molecule has 0 aliphatic rings. The van der Waals surface area contributed by atoms with Crippen LogP contribution in [0, 0.1) is 0 Å². The number of esters is 1. The first-order valence-corrected chi connectivity index (χ1v) is 7.09. The lowest BCUT2D eigenvalue weighted by Crippen LogP contribution is -2.36. The van der Waals surface area contributed by atoms with Crippen LogP contribution in [-0.4, -0.2) is 48.0 Å². The molecule has 0 atom stereocenters. The van der Waals surface area contributed by atoms with E-state index in [1.54, 1.807) is 55.8 Å². The Bertz CT molecular complexity index is 707. The monoisotopic (exact) mass is 328 g/mol. The first kappa shape index (κ1) is 17.1. The van der Waals surface area contributed by atoms with Gasteiger partial charge in [0.25, 0.3) is 11.8 Å². The second-order valence-electron chi connectivity index (χ2n) is 4.81. The first-order valence-electron chi connectivity index (χ1n) is 7.09. The third kappa shape index (κ3) is 5.16. The van der Waals surface area contributed by atoms with Gasteiger partial charge >= 0.3 is 5.97 Å². The molecule has 0 aliphatic heterocycles. The van der Waals surface area contributed by atoms with Crippen molar-refractivity contribution in [1.82, 2.24) is 15.3 Å². The normalized spacial score (nSPS) is 9.88. The Morgan fingerprint density at radius 3 is 2.42 bits per heavy atom. The van der Waals surface area contributed by atoms with Crippen molar-refractivity contribution in [2.45, 2.75) is 0 Å². The number of nitrogens with zero attached hydrogens (tertiary/aromatic N) is 3. The Morgan fingerprint density at radius 2 is 1.75 bits per heavy atom. The lowest BCUT2D eigenvalue weighted by atomic mass is 10.2. The van der Waals surface area contributed by atoms with E-state index in [0.717, 1.165) is 0 Å². The van der Waals surface area contributed by atoms with E-state index < -0.39 is 24.4 Å². The summed E-state index contributed by atoms with van der Waals surface area (Å²) >= 11 is 0. The van der Waals surface area contributed by atoms with Gasteiger partial charge in [-0.1, -0.05) is 18.2 Å². The molecule has 0 spiro atoms. The van der Waals surface area contributed by atoms with E-state index in [-0.39, 0.29) is 6.54 Å². The van der Waals surface area contributed by atoms with Gasteiger partial charge in [0.2, 0.25) is 5.95 Å². The number of likely N-dealkylation sites (N-methyl/N-ethyl adjacent to an activating group) is 1. The van der Waals surface area contributed by atoms with E-state index >= 15 is 0 Å². The standard InChI is InChI=1S/C16H16N4O4/c1-20(16-17-8-5-9-18-16)10-14(22)24-11-13(21)19-15(23)12-6-3-2-4-7-12/h2-9H,10-11H2,1H3,(H,19,21,23). The summed E-state index contributed by atoms with van der Waals surface area (Å²) in [6, 6.07) is 9.92. The number of anilines is 1. The fourth-order valence-corrected chi connectivity index (χ4v) is 1.77. The number of aromatic nitrogens is 2. The molecule has 2 amide bonds. The molecular formula is C16H16N4O4. The largest absolute Gasteiger partial charge is 0.454 e. The van der Waals surface area contributed by atoms with Crippen LogP contribution in [0.3, 0.4) is 0 Å². The number of rotatable bonds is 6. The number of amides is 2. The summed E-state index contributed by atoms with van der Waals surface area (Å²) in [4.78, 5) is 44.6. The van der Waals surface area contributed by atoms with Gasteiger partial charge in [0.05, 0.1) is 0 Å². The topological polar surface area (TPSA) is 101 Å². The van der Waals surface area contributed by atoms with E-state index in [9.17, 15) is 14.4 Å². The summed E-state index contributed by atoms with van der Waals surface area (Å²) < 4.78 is 4.83. The number of ether oxygens (including phenoxy) is 1. The maximum atomic E-state index is 11.8. The summed E-state index contributed by atoms with van der Waals surface area (Å²) in [5.41, 5.74) is 0.345. The number of nitrogens with one attached hydrogen (secondary N) is 1. The number of hydrogen-bond donors (Lipinski definition) is 1. The molecule has 2 rings (SSSR count). The molecule has 1 aromatic carbocycles. The molecule has 0 aliphatic carbocycles. The Hall–Kier alpha value is -3.29. The van der Waals surface area contributed by atoms with E-state index in [1.807, 2.05) is 0 Å². The zero-order valence-electron chi connectivity index (χ0n) is 13.0. The summed E-state index contributed by atoms with van der Waals surface area (Å²) in [6.45, 7) is -0.662. The van der Waals surface area contributed by atoms with E-state index in [2.05, 4.69) is 15.3 Å². The van der Waals surface area contributed by atoms with Crippen LogP contribution in [0.25, 0.3) is 0 Å². The Kier molecular flexibility index (Phi) is 5.95. The van der Waals surface area contributed by atoms with Crippen LogP contribution in [0.1, 0.15) is 10.4 Å². The highest BCUT2D eigenvalue weighted by Gasteiger charge is 2.14. The van der Waals surface area contributed by atoms with Gasteiger partial charge in [-0.25, -0.2) is 9.97 Å². The average Bonchev–Trinajstić information content (AvgIpc) is 2.61. The molecule has 24 heavy (non-hydrogen) atoms. The highest BCUT2D eigenvalue weighted by atomic mass is 16.5. The van der Waals surface area contributed by atoms with Crippen LogP contribution >= 0.6 is 0 Å². The van der Waals surface area contributed by atoms with Crippen LogP contribution in [0.5, 0.6) is 0 Å². The van der Waals surface area contributed by atoms with Gasteiger partial charge < -0.3 is 9.64 Å². The molecule has 0 fully saturated rings. The second-order valence-corrected chi connectivity index (χ2v) is 4.81. The predicted octanol–water partition coefficient (Wildman–Crippen LogP) is 0.413. The lowest BCUT2D eigenvalue weighted by Gasteiger charge is -2.15. The highest BCUT2D eigenvalue weighted by molar-refractivity contribution is 6.05. The Labute approximate surface area is 138 Å². The summed E-state index contributed by atoms with van der Waals surface area (Å²) in [5.74, 6) is -1.52. The number of benzene rings is 1. The van der Waals surface area contributed by atoms with Crippen LogP contribution in [0.15, 0.2) is 48.8 Å². The molecule has 124 valence electrons. The van der Waals surface area contributed by atoms with Crippen LogP contribution in [0.4, 0.5) is 5.95 Å². The molecule has 0 radical (unpaired) electrons. The summed E-state index contributed by atoms with van der Waals surface area (Å²) in [5, 5.41) is 2.14. The van der Waals surface area contributed by atoms with E-state index in [4.69, 9.17) is 4.74 Å². The van der Waals surface area contributed by atoms with Crippen molar-refractivity contribution in [2.75, 3.05) is 25.1 Å². The average molecular weight is 328 g/mol. The van der Waals surface area contributed by atoms with Gasteiger partial charge in [-0.2, -0.15) is 0 Å². The van der Waals surface area contributed by atoms with Crippen LogP contribution < -0.4 is 10.2 Å². The third-order valence-corrected chi connectivity index (χ3v) is 2.91. The Morgan fingerprint density at radius 1 is 1.08 bits per heavy atom. The highest BCUT2D eigenvalue weighted by Crippen LogP contribution is 2.01. The van der Waals surface area contributed by atoms with Crippen molar-refractivity contribution >= 4 is 23.7 Å². The smallest absolute Gasteiger partial charge is 0.326 e. The van der Waals surface area contributed by atoms with E-state index in [1.165, 1.54) is 4.90 Å². The van der Waals surface area contributed by atoms with Gasteiger partial charge in [0, 0.05) is 25.0 Å². The van der Waals surface area contributed by atoms with E-state index in [0.29, 0.717) is 11.5 Å². The van der Waals surface area contributed by atoms with Gasteiger partial charge in [0.1, 0.15) is 6.54 Å². The molecule has 1 N–H and O–H groups in total. The molecule has 8 heteroatoms. The minimum atomic E-state index is -0.698. The fraction of sp³-hybridized carbons (Fsp3) is 0.188. The lowest BCUT2D eigenvalue weighted by molar-refractivity contribution is -0.146. The van der Waals surface area contributed by atoms with Gasteiger partial charge in [-0.05, 0) is 18.2 Å². The minimum Gasteiger partial charge on any atom is -0.454 e. The van der Waals surface area contributed by atoms with Crippen LogP contribution in [-0.2, 0) is 14.3 Å². The zero-order valence-corrected chi connectivity index (χ0v) is 13.0.